The summed E-state index contributed by atoms with van der Waals surface area (Å²) in [5.41, 5.74) is 3.89. The minimum atomic E-state index is -0.0972. The Balaban J connectivity index is 1.41. The van der Waals surface area contributed by atoms with Crippen LogP contribution in [0.2, 0.25) is 0 Å². The van der Waals surface area contributed by atoms with Gasteiger partial charge in [-0.3, -0.25) is 14.7 Å². The fraction of sp³-hybridized carbons (Fsp3) is 0.455. The molecule has 0 bridgehead atoms. The van der Waals surface area contributed by atoms with Gasteiger partial charge in [0.05, 0.1) is 6.61 Å². The second-order valence-electron chi connectivity index (χ2n) is 6.94. The van der Waals surface area contributed by atoms with Crippen LogP contribution < -0.4 is 4.90 Å². The van der Waals surface area contributed by atoms with E-state index >= 15 is 0 Å². The topological polar surface area (TPSA) is 45.7 Å². The number of anilines is 1. The van der Waals surface area contributed by atoms with Crippen molar-refractivity contribution in [2.45, 2.75) is 32.7 Å². The maximum atomic E-state index is 11.4. The van der Waals surface area contributed by atoms with Gasteiger partial charge < -0.3 is 9.64 Å². The predicted molar refractivity (Wildman–Crippen MR) is 108 cm³/mol. The van der Waals surface area contributed by atoms with E-state index in [2.05, 4.69) is 51.2 Å². The van der Waals surface area contributed by atoms with Gasteiger partial charge in [0.25, 0.3) is 0 Å². The molecule has 0 unspecified atom stereocenters. The van der Waals surface area contributed by atoms with Gasteiger partial charge in [0.2, 0.25) is 0 Å². The maximum Gasteiger partial charge on any atom is 0.305 e. The van der Waals surface area contributed by atoms with Gasteiger partial charge in [0.1, 0.15) is 0 Å². The summed E-state index contributed by atoms with van der Waals surface area (Å²) >= 11 is 0. The number of esters is 1. The van der Waals surface area contributed by atoms with Crippen molar-refractivity contribution in [3.63, 3.8) is 0 Å². The Morgan fingerprint density at radius 3 is 2.33 bits per heavy atom. The molecule has 1 aromatic heterocycles. The van der Waals surface area contributed by atoms with Crippen LogP contribution in [0.4, 0.5) is 5.69 Å². The molecule has 2 aromatic rings. The zero-order valence-corrected chi connectivity index (χ0v) is 16.1. The van der Waals surface area contributed by atoms with Crippen LogP contribution in [0.15, 0.2) is 48.8 Å². The smallest absolute Gasteiger partial charge is 0.305 e. The van der Waals surface area contributed by atoms with Crippen molar-refractivity contribution in [2.24, 2.45) is 0 Å². The van der Waals surface area contributed by atoms with E-state index in [1.165, 1.54) is 16.8 Å². The summed E-state index contributed by atoms with van der Waals surface area (Å²) in [7, 11) is 0. The highest BCUT2D eigenvalue weighted by molar-refractivity contribution is 5.69. The van der Waals surface area contributed by atoms with E-state index in [1.54, 1.807) is 0 Å². The number of nitrogens with zero attached hydrogens (tertiary/aromatic N) is 3. The molecule has 1 aliphatic heterocycles. The van der Waals surface area contributed by atoms with Crippen molar-refractivity contribution in [2.75, 3.05) is 37.7 Å². The minimum absolute atomic E-state index is 0.0972. The highest BCUT2D eigenvalue weighted by atomic mass is 16.5. The normalized spacial score (nSPS) is 14.9. The Bertz CT molecular complexity index is 695. The molecule has 144 valence electrons. The summed E-state index contributed by atoms with van der Waals surface area (Å²) in [6.07, 6.45) is 5.97. The van der Waals surface area contributed by atoms with Crippen LogP contribution in [0.1, 0.15) is 30.9 Å². The summed E-state index contributed by atoms with van der Waals surface area (Å²) < 4.78 is 4.97. The number of carbonyl (C=O) groups is 1. The molecule has 0 spiro atoms. The molecule has 5 heteroatoms. The molecule has 1 fully saturated rings. The number of pyridine rings is 1. The molecule has 0 amide bonds. The molecule has 5 nitrogen and oxygen atoms in total. The molecule has 1 aliphatic rings. The Hall–Kier alpha value is -2.40. The van der Waals surface area contributed by atoms with Gasteiger partial charge in [-0.2, -0.15) is 0 Å². The van der Waals surface area contributed by atoms with Crippen LogP contribution in [0, 0.1) is 0 Å². The lowest BCUT2D eigenvalue weighted by Gasteiger charge is -2.36. The van der Waals surface area contributed by atoms with Crippen molar-refractivity contribution >= 4 is 11.7 Å². The van der Waals surface area contributed by atoms with Gasteiger partial charge in [0, 0.05) is 57.2 Å². The largest absolute Gasteiger partial charge is 0.466 e. The Kier molecular flexibility index (Phi) is 7.22. The Morgan fingerprint density at radius 1 is 1.00 bits per heavy atom. The number of carbonyl (C=O) groups excluding carboxylic acids is 1. The van der Waals surface area contributed by atoms with Gasteiger partial charge >= 0.3 is 5.97 Å². The first-order valence-electron chi connectivity index (χ1n) is 9.85. The van der Waals surface area contributed by atoms with Gasteiger partial charge in [-0.05, 0) is 43.0 Å². The molecule has 2 heterocycles. The zero-order chi connectivity index (χ0) is 18.9. The maximum absolute atomic E-state index is 11.4. The standard InChI is InChI=1S/C22H29N3O2/c1-2-27-22(26)5-3-4-19-6-8-20(9-7-19)18-24-14-16-25(17-15-24)21-10-12-23-13-11-21/h6-13H,2-5,14-18H2,1H3. The van der Waals surface area contributed by atoms with Crippen molar-refractivity contribution in [3.8, 4) is 0 Å². The third-order valence-electron chi connectivity index (χ3n) is 4.98. The summed E-state index contributed by atoms with van der Waals surface area (Å²) in [5, 5.41) is 0. The summed E-state index contributed by atoms with van der Waals surface area (Å²) in [4.78, 5) is 20.4. The molecule has 3 rings (SSSR count). The molecular formula is C22H29N3O2. The van der Waals surface area contributed by atoms with Crippen LogP contribution in [0.3, 0.4) is 0 Å². The second kappa shape index (κ2) is 10.1. The number of piperazine rings is 1. The number of benzene rings is 1. The molecule has 0 aliphatic carbocycles. The fourth-order valence-electron chi connectivity index (χ4n) is 3.46. The number of hydrogen-bond acceptors (Lipinski definition) is 5. The molecule has 0 radical (unpaired) electrons. The molecule has 1 aromatic carbocycles. The van der Waals surface area contributed by atoms with Gasteiger partial charge in [0.15, 0.2) is 0 Å². The lowest BCUT2D eigenvalue weighted by molar-refractivity contribution is -0.143. The third kappa shape index (κ3) is 6.07. The molecule has 27 heavy (non-hydrogen) atoms. The lowest BCUT2D eigenvalue weighted by atomic mass is 10.1. The Morgan fingerprint density at radius 2 is 1.67 bits per heavy atom. The number of aryl methyl sites for hydroxylation is 1. The van der Waals surface area contributed by atoms with E-state index in [4.69, 9.17) is 4.74 Å². The molecule has 0 saturated carbocycles. The monoisotopic (exact) mass is 367 g/mol. The first-order chi connectivity index (χ1) is 13.2. The SMILES string of the molecule is CCOC(=O)CCCc1ccc(CN2CCN(c3ccncc3)CC2)cc1. The van der Waals surface area contributed by atoms with E-state index < -0.39 is 0 Å². The second-order valence-corrected chi connectivity index (χ2v) is 6.94. The van der Waals surface area contributed by atoms with Gasteiger partial charge in [-0.1, -0.05) is 24.3 Å². The van der Waals surface area contributed by atoms with Crippen LogP contribution in [-0.2, 0) is 22.5 Å². The highest BCUT2D eigenvalue weighted by Gasteiger charge is 2.17. The summed E-state index contributed by atoms with van der Waals surface area (Å²) in [6.45, 7) is 7.55. The molecular weight excluding hydrogens is 338 g/mol. The number of hydrogen-bond donors (Lipinski definition) is 0. The molecule has 0 atom stereocenters. The predicted octanol–water partition coefficient (Wildman–Crippen LogP) is 3.29. The van der Waals surface area contributed by atoms with Crippen LogP contribution >= 0.6 is 0 Å². The first-order valence-corrected chi connectivity index (χ1v) is 9.85. The summed E-state index contributed by atoms with van der Waals surface area (Å²) in [6, 6.07) is 13.0. The van der Waals surface area contributed by atoms with Gasteiger partial charge in [-0.15, -0.1) is 0 Å². The average Bonchev–Trinajstić information content (AvgIpc) is 2.71. The zero-order valence-electron chi connectivity index (χ0n) is 16.1. The summed E-state index contributed by atoms with van der Waals surface area (Å²) in [5.74, 6) is -0.0972. The van der Waals surface area contributed by atoms with E-state index in [0.29, 0.717) is 13.0 Å². The van der Waals surface area contributed by atoms with E-state index in [0.717, 1.165) is 45.6 Å². The number of ether oxygens (including phenoxy) is 1. The van der Waals surface area contributed by atoms with Crippen molar-refractivity contribution in [3.05, 3.63) is 59.9 Å². The van der Waals surface area contributed by atoms with Gasteiger partial charge in [-0.25, -0.2) is 0 Å². The number of aromatic nitrogens is 1. The van der Waals surface area contributed by atoms with E-state index in [1.807, 2.05) is 19.3 Å². The lowest BCUT2D eigenvalue weighted by Crippen LogP contribution is -2.45. The number of rotatable bonds is 8. The quantitative estimate of drug-likeness (QED) is 0.670. The van der Waals surface area contributed by atoms with Crippen molar-refractivity contribution in [1.82, 2.24) is 9.88 Å². The highest BCUT2D eigenvalue weighted by Crippen LogP contribution is 2.16. The average molecular weight is 367 g/mol. The minimum Gasteiger partial charge on any atom is -0.466 e. The third-order valence-corrected chi connectivity index (χ3v) is 4.98. The molecule has 0 N–H and O–H groups in total. The van der Waals surface area contributed by atoms with E-state index in [9.17, 15) is 4.79 Å². The van der Waals surface area contributed by atoms with E-state index in [-0.39, 0.29) is 5.97 Å². The fourth-order valence-corrected chi connectivity index (χ4v) is 3.46. The van der Waals surface area contributed by atoms with Crippen molar-refractivity contribution < 1.29 is 9.53 Å². The molecule has 1 saturated heterocycles. The Labute approximate surface area is 162 Å². The van der Waals surface area contributed by atoms with Crippen LogP contribution in [0.25, 0.3) is 0 Å². The van der Waals surface area contributed by atoms with Crippen molar-refractivity contribution in [1.29, 1.82) is 0 Å². The van der Waals surface area contributed by atoms with Crippen LogP contribution in [-0.4, -0.2) is 48.6 Å². The van der Waals surface area contributed by atoms with Crippen LogP contribution in [0.5, 0.6) is 0 Å². The first kappa shape index (κ1) is 19.4.